The second-order valence-corrected chi connectivity index (χ2v) is 10.9. The number of hydrogen-bond acceptors (Lipinski definition) is 5. The Kier molecular flexibility index (Phi) is 8.99. The average Bonchev–Trinajstić information content (AvgIpc) is 2.98. The molecule has 6 nitrogen and oxygen atoms in total. The van der Waals surface area contributed by atoms with Gasteiger partial charge in [-0.3, -0.25) is 14.7 Å². The van der Waals surface area contributed by atoms with E-state index in [0.29, 0.717) is 12.1 Å². The molecule has 1 amide bonds. The second-order valence-electron chi connectivity index (χ2n) is 10.9. The third kappa shape index (κ3) is 7.60. The molecule has 0 radical (unpaired) electrons. The van der Waals surface area contributed by atoms with E-state index in [1.165, 1.54) is 17.7 Å². The summed E-state index contributed by atoms with van der Waals surface area (Å²) in [5, 5.41) is 2.72. The van der Waals surface area contributed by atoms with E-state index in [4.69, 9.17) is 4.98 Å². The number of hydrogen-bond donors (Lipinski definition) is 1. The molecular formula is C33H34F3N5O. The maximum Gasteiger partial charge on any atom is 0.416 e. The van der Waals surface area contributed by atoms with Gasteiger partial charge in [-0.1, -0.05) is 49.4 Å². The van der Waals surface area contributed by atoms with Crippen LogP contribution in [-0.4, -0.2) is 58.9 Å². The molecule has 1 aliphatic heterocycles. The first-order valence-corrected chi connectivity index (χ1v) is 14.0. The minimum Gasteiger partial charge on any atom is -0.322 e. The quantitative estimate of drug-likeness (QED) is 0.261. The van der Waals surface area contributed by atoms with E-state index < -0.39 is 17.6 Å². The highest BCUT2D eigenvalue weighted by molar-refractivity contribution is 6.04. The van der Waals surface area contributed by atoms with Gasteiger partial charge in [-0.25, -0.2) is 4.98 Å². The molecule has 1 N–H and O–H groups in total. The van der Waals surface area contributed by atoms with Gasteiger partial charge in [0.25, 0.3) is 5.91 Å². The third-order valence-corrected chi connectivity index (χ3v) is 7.62. The van der Waals surface area contributed by atoms with Gasteiger partial charge < -0.3 is 10.2 Å². The summed E-state index contributed by atoms with van der Waals surface area (Å²) in [6, 6.07) is 20.2. The Morgan fingerprint density at radius 1 is 0.952 bits per heavy atom. The van der Waals surface area contributed by atoms with E-state index in [0.717, 1.165) is 67.4 Å². The van der Waals surface area contributed by atoms with E-state index in [2.05, 4.69) is 58.3 Å². The van der Waals surface area contributed by atoms with Crippen molar-refractivity contribution in [3.63, 3.8) is 0 Å². The lowest BCUT2D eigenvalue weighted by atomic mass is 9.95. The van der Waals surface area contributed by atoms with Gasteiger partial charge in [-0.15, -0.1) is 0 Å². The first-order chi connectivity index (χ1) is 20.1. The topological polar surface area (TPSA) is 61.4 Å². The van der Waals surface area contributed by atoms with Crippen LogP contribution in [0.15, 0.2) is 85.2 Å². The minimum atomic E-state index is -4.51. The van der Waals surface area contributed by atoms with Gasteiger partial charge in [0.05, 0.1) is 23.1 Å². The first kappa shape index (κ1) is 29.4. The number of carbonyl (C=O) groups excluding carboxylic acids is 1. The van der Waals surface area contributed by atoms with Crippen molar-refractivity contribution in [2.45, 2.75) is 32.0 Å². The predicted octanol–water partition coefficient (Wildman–Crippen LogP) is 6.51. The number of benzene rings is 3. The third-order valence-electron chi connectivity index (χ3n) is 7.62. The highest BCUT2D eigenvalue weighted by Crippen LogP contribution is 2.30. The SMILES string of the molecule is C[C@H](Cc1cncc(-c2ccc(CN3CCN(C)CC3)cc2)n1)c1cccc(NC(=O)c2cccc(C(F)(F)F)c2)c1. The maximum atomic E-state index is 13.1. The number of nitrogens with one attached hydrogen (secondary N) is 1. The molecule has 5 rings (SSSR count). The van der Waals surface area contributed by atoms with Gasteiger partial charge in [0.2, 0.25) is 0 Å². The van der Waals surface area contributed by atoms with Crippen LogP contribution in [0, 0.1) is 0 Å². The number of piperazine rings is 1. The van der Waals surface area contributed by atoms with Crippen molar-refractivity contribution in [2.24, 2.45) is 0 Å². The van der Waals surface area contributed by atoms with Crippen molar-refractivity contribution in [2.75, 3.05) is 38.5 Å². The first-order valence-electron chi connectivity index (χ1n) is 14.0. The number of aromatic nitrogens is 2. The van der Waals surface area contributed by atoms with Crippen LogP contribution < -0.4 is 5.32 Å². The molecule has 0 spiro atoms. The Morgan fingerprint density at radius 3 is 2.43 bits per heavy atom. The molecule has 9 heteroatoms. The summed E-state index contributed by atoms with van der Waals surface area (Å²) in [6.45, 7) is 7.35. The van der Waals surface area contributed by atoms with E-state index >= 15 is 0 Å². The molecule has 0 saturated carbocycles. The lowest BCUT2D eigenvalue weighted by Crippen LogP contribution is -2.43. The fourth-order valence-electron chi connectivity index (χ4n) is 5.08. The van der Waals surface area contributed by atoms with Crippen molar-refractivity contribution < 1.29 is 18.0 Å². The molecule has 218 valence electrons. The summed E-state index contributed by atoms with van der Waals surface area (Å²) in [7, 11) is 2.16. The monoisotopic (exact) mass is 573 g/mol. The zero-order chi connectivity index (χ0) is 29.7. The average molecular weight is 574 g/mol. The summed E-state index contributed by atoms with van der Waals surface area (Å²) < 4.78 is 39.2. The van der Waals surface area contributed by atoms with Crippen molar-refractivity contribution >= 4 is 11.6 Å². The van der Waals surface area contributed by atoms with Crippen LogP contribution in [0.1, 0.15) is 45.6 Å². The van der Waals surface area contributed by atoms with Gasteiger partial charge >= 0.3 is 6.18 Å². The van der Waals surface area contributed by atoms with Crippen LogP contribution in [0.3, 0.4) is 0 Å². The fraction of sp³-hybridized carbons (Fsp3) is 0.303. The van der Waals surface area contributed by atoms with Crippen molar-refractivity contribution in [1.29, 1.82) is 0 Å². The van der Waals surface area contributed by atoms with E-state index in [9.17, 15) is 18.0 Å². The smallest absolute Gasteiger partial charge is 0.322 e. The molecule has 3 aromatic carbocycles. The van der Waals surface area contributed by atoms with Crippen LogP contribution >= 0.6 is 0 Å². The Labute approximate surface area is 244 Å². The Hall–Kier alpha value is -4.08. The highest BCUT2D eigenvalue weighted by Gasteiger charge is 2.31. The minimum absolute atomic E-state index is 0.0530. The molecule has 4 aromatic rings. The molecule has 1 saturated heterocycles. The largest absolute Gasteiger partial charge is 0.416 e. The molecule has 1 fully saturated rings. The van der Waals surface area contributed by atoms with Gasteiger partial charge in [-0.2, -0.15) is 13.2 Å². The summed E-state index contributed by atoms with van der Waals surface area (Å²) in [5.74, 6) is -0.537. The number of amides is 1. The maximum absolute atomic E-state index is 13.1. The van der Waals surface area contributed by atoms with Gasteiger partial charge in [0.15, 0.2) is 0 Å². The number of rotatable bonds is 8. The summed E-state index contributed by atoms with van der Waals surface area (Å²) in [6.07, 6.45) is -0.345. The molecule has 0 bridgehead atoms. The second kappa shape index (κ2) is 12.8. The summed E-state index contributed by atoms with van der Waals surface area (Å²) in [5.41, 5.74) is 4.52. The number of nitrogens with zero attached hydrogens (tertiary/aromatic N) is 4. The Bertz CT molecular complexity index is 1510. The molecule has 1 aliphatic rings. The zero-order valence-electron chi connectivity index (χ0n) is 23.7. The van der Waals surface area contributed by atoms with Crippen LogP contribution in [-0.2, 0) is 19.1 Å². The highest BCUT2D eigenvalue weighted by atomic mass is 19.4. The van der Waals surface area contributed by atoms with Gasteiger partial charge in [0.1, 0.15) is 0 Å². The van der Waals surface area contributed by atoms with Crippen LogP contribution in [0.5, 0.6) is 0 Å². The van der Waals surface area contributed by atoms with Crippen molar-refractivity contribution in [3.05, 3.63) is 113 Å². The zero-order valence-corrected chi connectivity index (χ0v) is 23.7. The summed E-state index contributed by atoms with van der Waals surface area (Å²) >= 11 is 0. The molecule has 2 heterocycles. The molecule has 1 atom stereocenters. The normalized spacial score (nSPS) is 15.4. The molecule has 0 unspecified atom stereocenters. The number of alkyl halides is 3. The number of likely N-dealkylation sites (N-methyl/N-ethyl adjacent to an activating group) is 1. The van der Waals surface area contributed by atoms with Crippen molar-refractivity contribution in [1.82, 2.24) is 19.8 Å². The van der Waals surface area contributed by atoms with E-state index in [1.54, 1.807) is 18.5 Å². The van der Waals surface area contributed by atoms with Crippen molar-refractivity contribution in [3.8, 4) is 11.3 Å². The standard InChI is InChI=1S/C33H34F3N5O/c1-23(26-5-4-8-29(19-26)39-32(42)27-6-3-7-28(18-27)33(34,35)36)17-30-20-37-21-31(38-30)25-11-9-24(10-12-25)22-41-15-13-40(2)14-16-41/h3-12,18-21,23H,13-17,22H2,1-2H3,(H,39,42)/t23-/m1/s1. The van der Waals surface area contributed by atoms with Crippen LogP contribution in [0.2, 0.25) is 0 Å². The number of anilines is 1. The predicted molar refractivity (Wildman–Crippen MR) is 158 cm³/mol. The molecule has 0 aliphatic carbocycles. The summed E-state index contributed by atoms with van der Waals surface area (Å²) in [4.78, 5) is 26.8. The van der Waals surface area contributed by atoms with E-state index in [1.807, 2.05) is 18.2 Å². The van der Waals surface area contributed by atoms with Crippen LogP contribution in [0.4, 0.5) is 18.9 Å². The number of halogens is 3. The van der Waals surface area contributed by atoms with E-state index in [-0.39, 0.29) is 11.5 Å². The molecule has 1 aromatic heterocycles. The van der Waals surface area contributed by atoms with Gasteiger partial charge in [0, 0.05) is 55.7 Å². The lowest BCUT2D eigenvalue weighted by Gasteiger charge is -2.32. The Morgan fingerprint density at radius 2 is 1.69 bits per heavy atom. The Balaban J connectivity index is 1.22. The van der Waals surface area contributed by atoms with Crippen LogP contribution in [0.25, 0.3) is 11.3 Å². The number of carbonyl (C=O) groups is 1. The lowest BCUT2D eigenvalue weighted by molar-refractivity contribution is -0.137. The molecule has 42 heavy (non-hydrogen) atoms. The molecular weight excluding hydrogens is 539 g/mol. The van der Waals surface area contributed by atoms with Gasteiger partial charge in [-0.05, 0) is 60.8 Å². The fourth-order valence-corrected chi connectivity index (χ4v) is 5.08.